The van der Waals surface area contributed by atoms with Crippen LogP contribution in [0, 0.1) is 26.6 Å². The fourth-order valence-electron chi connectivity index (χ4n) is 3.19. The highest BCUT2D eigenvalue weighted by atomic mass is 19.1. The lowest BCUT2D eigenvalue weighted by atomic mass is 10.1. The summed E-state index contributed by atoms with van der Waals surface area (Å²) in [5.74, 6) is -0.670. The van der Waals surface area contributed by atoms with Crippen LogP contribution in [0.4, 0.5) is 4.39 Å². The number of hydrogen-bond acceptors (Lipinski definition) is 4. The minimum absolute atomic E-state index is 0.121. The predicted molar refractivity (Wildman–Crippen MR) is 107 cm³/mol. The minimum atomic E-state index is -0.573. The number of nitrogens with zero attached hydrogens (tertiary/aromatic N) is 2. The molecule has 0 saturated carbocycles. The number of esters is 1. The molecule has 0 saturated heterocycles. The van der Waals surface area contributed by atoms with Gasteiger partial charge in [0.1, 0.15) is 11.6 Å². The number of benzene rings is 2. The van der Waals surface area contributed by atoms with Crippen molar-refractivity contribution in [3.63, 3.8) is 0 Å². The largest absolute Gasteiger partial charge is 0.463 e. The fourth-order valence-corrected chi connectivity index (χ4v) is 3.19. The first-order chi connectivity index (χ1) is 13.3. The SMILES string of the molecule is CCOC(=O)/C=C/c1cc2c(=O)n(-c3cc(C)cc(C)c3)c(C)nc2cc1F. The van der Waals surface area contributed by atoms with E-state index in [1.54, 1.807) is 13.8 Å². The Labute approximate surface area is 162 Å². The highest BCUT2D eigenvalue weighted by Crippen LogP contribution is 2.19. The molecule has 144 valence electrons. The van der Waals surface area contributed by atoms with Crippen LogP contribution in [0.1, 0.15) is 29.4 Å². The zero-order valence-electron chi connectivity index (χ0n) is 16.2. The van der Waals surface area contributed by atoms with Crippen molar-refractivity contribution in [1.82, 2.24) is 9.55 Å². The number of halogens is 1. The third-order valence-corrected chi connectivity index (χ3v) is 4.30. The van der Waals surface area contributed by atoms with Crippen LogP contribution in [0.15, 0.2) is 41.2 Å². The monoisotopic (exact) mass is 380 g/mol. The van der Waals surface area contributed by atoms with E-state index in [-0.39, 0.29) is 28.6 Å². The number of aryl methyl sites for hydroxylation is 3. The zero-order valence-corrected chi connectivity index (χ0v) is 16.2. The topological polar surface area (TPSA) is 61.2 Å². The van der Waals surface area contributed by atoms with Gasteiger partial charge >= 0.3 is 5.97 Å². The third kappa shape index (κ3) is 3.86. The molecule has 0 aliphatic heterocycles. The van der Waals surface area contributed by atoms with Gasteiger partial charge < -0.3 is 4.74 Å². The van der Waals surface area contributed by atoms with Crippen molar-refractivity contribution in [3.05, 3.63) is 75.1 Å². The van der Waals surface area contributed by atoms with Gasteiger partial charge in [-0.05, 0) is 63.1 Å². The van der Waals surface area contributed by atoms with Crippen LogP contribution in [-0.4, -0.2) is 22.1 Å². The predicted octanol–water partition coefficient (Wildman–Crippen LogP) is 4.03. The number of ether oxygens (including phenoxy) is 1. The Hall–Kier alpha value is -3.28. The van der Waals surface area contributed by atoms with Crippen LogP contribution in [0.25, 0.3) is 22.7 Å². The molecule has 0 radical (unpaired) electrons. The Morgan fingerprint density at radius 1 is 1.14 bits per heavy atom. The zero-order chi connectivity index (χ0) is 20.4. The summed E-state index contributed by atoms with van der Waals surface area (Å²) in [5, 5.41) is 0.273. The second kappa shape index (κ2) is 7.76. The summed E-state index contributed by atoms with van der Waals surface area (Å²) in [4.78, 5) is 29.1. The fraction of sp³-hybridized carbons (Fsp3) is 0.227. The first kappa shape index (κ1) is 19.5. The lowest BCUT2D eigenvalue weighted by Gasteiger charge is -2.13. The van der Waals surface area contributed by atoms with Crippen molar-refractivity contribution in [2.24, 2.45) is 0 Å². The van der Waals surface area contributed by atoms with Crippen LogP contribution in [0.2, 0.25) is 0 Å². The lowest BCUT2D eigenvalue weighted by Crippen LogP contribution is -2.22. The molecule has 0 aliphatic rings. The summed E-state index contributed by atoms with van der Waals surface area (Å²) in [6.45, 7) is 7.54. The lowest BCUT2D eigenvalue weighted by molar-refractivity contribution is -0.137. The van der Waals surface area contributed by atoms with Gasteiger partial charge in [0.2, 0.25) is 0 Å². The molecule has 0 atom stereocenters. The van der Waals surface area contributed by atoms with Crippen LogP contribution in [0.3, 0.4) is 0 Å². The van der Waals surface area contributed by atoms with Crippen LogP contribution in [-0.2, 0) is 9.53 Å². The van der Waals surface area contributed by atoms with Crippen molar-refractivity contribution < 1.29 is 13.9 Å². The third-order valence-electron chi connectivity index (χ3n) is 4.30. The maximum atomic E-state index is 14.4. The molecule has 5 nitrogen and oxygen atoms in total. The molecule has 0 fully saturated rings. The molecular weight excluding hydrogens is 359 g/mol. The summed E-state index contributed by atoms with van der Waals surface area (Å²) < 4.78 is 20.7. The van der Waals surface area contributed by atoms with E-state index in [0.717, 1.165) is 17.2 Å². The van der Waals surface area contributed by atoms with Crippen LogP contribution in [0.5, 0.6) is 0 Å². The first-order valence-electron chi connectivity index (χ1n) is 8.96. The van der Waals surface area contributed by atoms with E-state index in [4.69, 9.17) is 4.74 Å². The van der Waals surface area contributed by atoms with Crippen molar-refractivity contribution in [3.8, 4) is 5.69 Å². The Morgan fingerprint density at radius 2 is 1.82 bits per heavy atom. The molecule has 0 aliphatic carbocycles. The molecule has 3 rings (SSSR count). The van der Waals surface area contributed by atoms with Gasteiger partial charge in [0, 0.05) is 17.7 Å². The summed E-state index contributed by atoms with van der Waals surface area (Å²) in [7, 11) is 0. The standard InChI is InChI=1S/C22H21FN2O3/c1-5-28-21(26)7-6-16-11-18-20(12-19(16)23)24-15(4)25(22(18)27)17-9-13(2)8-14(3)10-17/h6-12H,5H2,1-4H3/b7-6+. The van der Waals surface area contributed by atoms with Gasteiger partial charge in [-0.15, -0.1) is 0 Å². The number of carbonyl (C=O) groups excluding carboxylic acids is 1. The summed E-state index contributed by atoms with van der Waals surface area (Å²) >= 11 is 0. The van der Waals surface area contributed by atoms with Gasteiger partial charge in [-0.25, -0.2) is 14.2 Å². The molecule has 1 heterocycles. The maximum absolute atomic E-state index is 14.4. The van der Waals surface area contributed by atoms with E-state index < -0.39 is 11.8 Å². The molecule has 0 spiro atoms. The van der Waals surface area contributed by atoms with E-state index in [2.05, 4.69) is 4.98 Å². The highest BCUT2D eigenvalue weighted by molar-refractivity contribution is 5.88. The first-order valence-corrected chi connectivity index (χ1v) is 8.96. The summed E-state index contributed by atoms with van der Waals surface area (Å²) in [6.07, 6.45) is 2.44. The smallest absolute Gasteiger partial charge is 0.330 e. The quantitative estimate of drug-likeness (QED) is 0.507. The van der Waals surface area contributed by atoms with Crippen molar-refractivity contribution >= 4 is 22.9 Å². The average molecular weight is 380 g/mol. The second-order valence-electron chi connectivity index (χ2n) is 6.62. The Bertz CT molecular complexity index is 1140. The van der Waals surface area contributed by atoms with Crippen LogP contribution >= 0.6 is 0 Å². The maximum Gasteiger partial charge on any atom is 0.330 e. The number of rotatable bonds is 4. The van der Waals surface area contributed by atoms with Gasteiger partial charge in [-0.2, -0.15) is 0 Å². The van der Waals surface area contributed by atoms with E-state index in [1.165, 1.54) is 22.8 Å². The molecule has 0 bridgehead atoms. The molecular formula is C22H21FN2O3. The van der Waals surface area contributed by atoms with Crippen LogP contribution < -0.4 is 5.56 Å². The molecule has 0 amide bonds. The van der Waals surface area contributed by atoms with Gasteiger partial charge in [0.25, 0.3) is 5.56 Å². The van der Waals surface area contributed by atoms with Crippen molar-refractivity contribution in [2.75, 3.05) is 6.61 Å². The number of hydrogen-bond donors (Lipinski definition) is 0. The van der Waals surface area contributed by atoms with E-state index in [0.29, 0.717) is 11.5 Å². The van der Waals surface area contributed by atoms with E-state index in [1.807, 2.05) is 32.0 Å². The molecule has 0 N–H and O–H groups in total. The molecule has 2 aromatic carbocycles. The normalized spacial score (nSPS) is 11.3. The summed E-state index contributed by atoms with van der Waals surface area (Å²) in [6, 6.07) is 8.45. The number of carbonyl (C=O) groups is 1. The Kier molecular flexibility index (Phi) is 5.40. The minimum Gasteiger partial charge on any atom is -0.463 e. The highest BCUT2D eigenvalue weighted by Gasteiger charge is 2.13. The van der Waals surface area contributed by atoms with Crippen molar-refractivity contribution in [2.45, 2.75) is 27.7 Å². The molecule has 1 aromatic heterocycles. The number of aromatic nitrogens is 2. The Morgan fingerprint density at radius 3 is 2.46 bits per heavy atom. The van der Waals surface area contributed by atoms with Gasteiger partial charge in [0.05, 0.1) is 23.2 Å². The van der Waals surface area contributed by atoms with Gasteiger partial charge in [-0.3, -0.25) is 9.36 Å². The van der Waals surface area contributed by atoms with Gasteiger partial charge in [-0.1, -0.05) is 6.07 Å². The molecule has 3 aromatic rings. The number of fused-ring (bicyclic) bond motifs is 1. The van der Waals surface area contributed by atoms with Crippen molar-refractivity contribution in [1.29, 1.82) is 0 Å². The molecule has 0 unspecified atom stereocenters. The summed E-state index contributed by atoms with van der Waals surface area (Å²) in [5.41, 5.74) is 2.86. The molecule has 6 heteroatoms. The van der Waals surface area contributed by atoms with E-state index >= 15 is 0 Å². The van der Waals surface area contributed by atoms with E-state index in [9.17, 15) is 14.0 Å². The second-order valence-corrected chi connectivity index (χ2v) is 6.62. The molecule has 28 heavy (non-hydrogen) atoms. The van der Waals surface area contributed by atoms with Gasteiger partial charge in [0.15, 0.2) is 0 Å². The average Bonchev–Trinajstić information content (AvgIpc) is 2.59. The Balaban J connectivity index is 2.20.